The average molecular weight is 288 g/mol. The van der Waals surface area contributed by atoms with Gasteiger partial charge in [0.1, 0.15) is 0 Å². The van der Waals surface area contributed by atoms with Crippen LogP contribution in [0.3, 0.4) is 0 Å². The Kier molecular flexibility index (Phi) is 4.99. The maximum atomic E-state index is 12.1. The van der Waals surface area contributed by atoms with Crippen molar-refractivity contribution in [3.8, 4) is 0 Å². The number of carbonyl (C=O) groups is 2. The molecule has 0 aromatic heterocycles. The quantitative estimate of drug-likeness (QED) is 0.903. The van der Waals surface area contributed by atoms with Gasteiger partial charge in [-0.15, -0.1) is 0 Å². The fourth-order valence-electron chi connectivity index (χ4n) is 2.56. The Labute approximate surface area is 126 Å². The number of hydrogen-bond acceptors (Lipinski definition) is 2. The van der Waals surface area contributed by atoms with E-state index in [0.717, 1.165) is 12.0 Å². The van der Waals surface area contributed by atoms with Crippen molar-refractivity contribution in [2.75, 3.05) is 6.54 Å². The molecule has 0 bridgehead atoms. The van der Waals surface area contributed by atoms with Gasteiger partial charge in [0.25, 0.3) is 0 Å². The monoisotopic (exact) mass is 288 g/mol. The van der Waals surface area contributed by atoms with E-state index in [4.69, 9.17) is 0 Å². The maximum Gasteiger partial charge on any atom is 0.225 e. The van der Waals surface area contributed by atoms with Gasteiger partial charge in [0.05, 0.1) is 5.92 Å². The summed E-state index contributed by atoms with van der Waals surface area (Å²) < 4.78 is 0. The molecule has 1 saturated heterocycles. The Morgan fingerprint density at radius 1 is 1.43 bits per heavy atom. The van der Waals surface area contributed by atoms with Gasteiger partial charge in [-0.05, 0) is 31.4 Å². The van der Waals surface area contributed by atoms with Crippen LogP contribution in [0.1, 0.15) is 37.8 Å². The highest BCUT2D eigenvalue weighted by Gasteiger charge is 2.34. The number of amides is 2. The van der Waals surface area contributed by atoms with Gasteiger partial charge >= 0.3 is 0 Å². The van der Waals surface area contributed by atoms with Crippen LogP contribution < -0.4 is 5.32 Å². The van der Waals surface area contributed by atoms with Gasteiger partial charge < -0.3 is 10.2 Å². The maximum absolute atomic E-state index is 12.1. The second-order valence-electron chi connectivity index (χ2n) is 5.92. The third-order valence-corrected chi connectivity index (χ3v) is 4.21. The Balaban J connectivity index is 1.97. The van der Waals surface area contributed by atoms with E-state index >= 15 is 0 Å². The van der Waals surface area contributed by atoms with Crippen molar-refractivity contribution in [3.63, 3.8) is 0 Å². The highest BCUT2D eigenvalue weighted by molar-refractivity contribution is 5.89. The van der Waals surface area contributed by atoms with Gasteiger partial charge in [-0.1, -0.05) is 31.2 Å². The number of likely N-dealkylation sites (tertiary alicyclic amines) is 1. The van der Waals surface area contributed by atoms with Gasteiger partial charge in [0.2, 0.25) is 11.8 Å². The van der Waals surface area contributed by atoms with Gasteiger partial charge in [-0.3, -0.25) is 9.59 Å². The van der Waals surface area contributed by atoms with Gasteiger partial charge in [0, 0.05) is 25.6 Å². The molecular formula is C17H24N2O2. The van der Waals surface area contributed by atoms with Gasteiger partial charge in [-0.2, -0.15) is 0 Å². The molecule has 0 aliphatic carbocycles. The van der Waals surface area contributed by atoms with Crippen LogP contribution in [-0.4, -0.2) is 29.3 Å². The van der Waals surface area contributed by atoms with Crippen LogP contribution in [0.4, 0.5) is 0 Å². The molecule has 4 heteroatoms. The van der Waals surface area contributed by atoms with Gasteiger partial charge in [0.15, 0.2) is 0 Å². The van der Waals surface area contributed by atoms with Gasteiger partial charge in [-0.25, -0.2) is 0 Å². The largest absolute Gasteiger partial charge is 0.353 e. The number of rotatable bonds is 5. The predicted octanol–water partition coefficient (Wildman–Crippen LogP) is 2.26. The molecule has 114 valence electrons. The topological polar surface area (TPSA) is 49.4 Å². The smallest absolute Gasteiger partial charge is 0.225 e. The van der Waals surface area contributed by atoms with E-state index in [-0.39, 0.29) is 23.8 Å². The fraction of sp³-hybridized carbons (Fsp3) is 0.529. The van der Waals surface area contributed by atoms with Crippen LogP contribution >= 0.6 is 0 Å². The molecule has 4 nitrogen and oxygen atoms in total. The zero-order valence-electron chi connectivity index (χ0n) is 13.1. The molecule has 1 aromatic rings. The minimum atomic E-state index is -0.212. The third-order valence-electron chi connectivity index (χ3n) is 4.21. The summed E-state index contributed by atoms with van der Waals surface area (Å²) >= 11 is 0. The summed E-state index contributed by atoms with van der Waals surface area (Å²) in [7, 11) is 0. The molecule has 2 unspecified atom stereocenters. The van der Waals surface area contributed by atoms with E-state index in [0.29, 0.717) is 19.5 Å². The van der Waals surface area contributed by atoms with E-state index in [1.54, 1.807) is 4.90 Å². The van der Waals surface area contributed by atoms with Crippen LogP contribution in [0, 0.1) is 12.8 Å². The van der Waals surface area contributed by atoms with Crippen LogP contribution in [0.5, 0.6) is 0 Å². The van der Waals surface area contributed by atoms with Crippen molar-refractivity contribution in [1.82, 2.24) is 10.2 Å². The molecule has 1 fully saturated rings. The summed E-state index contributed by atoms with van der Waals surface area (Å²) in [6, 6.07) is 8.22. The second-order valence-corrected chi connectivity index (χ2v) is 5.92. The standard InChI is InChI=1S/C17H24N2O2/c1-4-13(3)18-17(21)15-9-16(20)19(11-15)10-14-8-6-5-7-12(14)2/h5-8,13,15H,4,9-11H2,1-3H3,(H,18,21). The van der Waals surface area contributed by atoms with Crippen LogP contribution in [0.15, 0.2) is 24.3 Å². The Morgan fingerprint density at radius 2 is 2.14 bits per heavy atom. The molecule has 1 aliphatic rings. The first kappa shape index (κ1) is 15.5. The molecular weight excluding hydrogens is 264 g/mol. The van der Waals surface area contributed by atoms with Crippen LogP contribution in [0.2, 0.25) is 0 Å². The van der Waals surface area contributed by atoms with Crippen molar-refractivity contribution in [2.24, 2.45) is 5.92 Å². The third kappa shape index (κ3) is 3.84. The lowest BCUT2D eigenvalue weighted by atomic mass is 10.1. The average Bonchev–Trinajstić information content (AvgIpc) is 2.82. The van der Waals surface area contributed by atoms with E-state index in [9.17, 15) is 9.59 Å². The Morgan fingerprint density at radius 3 is 2.81 bits per heavy atom. The number of nitrogens with one attached hydrogen (secondary N) is 1. The lowest BCUT2D eigenvalue weighted by Crippen LogP contribution is -2.38. The summed E-state index contributed by atoms with van der Waals surface area (Å²) in [5, 5.41) is 2.97. The molecule has 1 aromatic carbocycles. The first-order valence-electron chi connectivity index (χ1n) is 7.64. The molecule has 2 atom stereocenters. The molecule has 21 heavy (non-hydrogen) atoms. The molecule has 0 radical (unpaired) electrons. The van der Waals surface area contributed by atoms with Crippen molar-refractivity contribution in [1.29, 1.82) is 0 Å². The molecule has 0 saturated carbocycles. The van der Waals surface area contributed by atoms with Crippen molar-refractivity contribution < 1.29 is 9.59 Å². The summed E-state index contributed by atoms with van der Waals surface area (Å²) in [6.07, 6.45) is 1.23. The summed E-state index contributed by atoms with van der Waals surface area (Å²) in [6.45, 7) is 7.19. The number of nitrogens with zero attached hydrogens (tertiary/aromatic N) is 1. The molecule has 2 rings (SSSR count). The highest BCUT2D eigenvalue weighted by Crippen LogP contribution is 2.21. The lowest BCUT2D eigenvalue weighted by molar-refractivity contribution is -0.129. The molecule has 1 N–H and O–H groups in total. The van der Waals surface area contributed by atoms with Crippen molar-refractivity contribution in [3.05, 3.63) is 35.4 Å². The van der Waals surface area contributed by atoms with Crippen LogP contribution in [-0.2, 0) is 16.1 Å². The highest BCUT2D eigenvalue weighted by atomic mass is 16.2. The Hall–Kier alpha value is -1.84. The molecule has 1 aliphatic heterocycles. The first-order valence-corrected chi connectivity index (χ1v) is 7.64. The van der Waals surface area contributed by atoms with E-state index in [1.165, 1.54) is 5.56 Å². The SMILES string of the molecule is CCC(C)NC(=O)C1CC(=O)N(Cc2ccccc2C)C1. The van der Waals surface area contributed by atoms with E-state index in [2.05, 4.69) is 5.32 Å². The zero-order valence-corrected chi connectivity index (χ0v) is 13.1. The lowest BCUT2D eigenvalue weighted by Gasteiger charge is -2.19. The predicted molar refractivity (Wildman–Crippen MR) is 82.6 cm³/mol. The van der Waals surface area contributed by atoms with E-state index in [1.807, 2.05) is 45.0 Å². The fourth-order valence-corrected chi connectivity index (χ4v) is 2.56. The van der Waals surface area contributed by atoms with Crippen LogP contribution in [0.25, 0.3) is 0 Å². The van der Waals surface area contributed by atoms with Crippen molar-refractivity contribution in [2.45, 2.75) is 46.2 Å². The Bertz CT molecular complexity index is 527. The number of carbonyl (C=O) groups excluding carboxylic acids is 2. The minimum absolute atomic E-state index is 0.00461. The summed E-state index contributed by atoms with van der Waals surface area (Å²) in [5.74, 6) is -0.136. The molecule has 0 spiro atoms. The van der Waals surface area contributed by atoms with E-state index < -0.39 is 0 Å². The molecule has 1 heterocycles. The zero-order chi connectivity index (χ0) is 15.4. The minimum Gasteiger partial charge on any atom is -0.353 e. The normalized spacial score (nSPS) is 19.7. The first-order chi connectivity index (χ1) is 10.0. The number of benzene rings is 1. The summed E-state index contributed by atoms with van der Waals surface area (Å²) in [4.78, 5) is 26.0. The summed E-state index contributed by atoms with van der Waals surface area (Å²) in [5.41, 5.74) is 2.33. The number of hydrogen-bond donors (Lipinski definition) is 1. The van der Waals surface area contributed by atoms with Crippen molar-refractivity contribution >= 4 is 11.8 Å². The molecule has 2 amide bonds. The number of aryl methyl sites for hydroxylation is 1. The second kappa shape index (κ2) is 6.74.